The molecule has 0 radical (unpaired) electrons. The molecule has 1 heterocycles. The van der Waals surface area contributed by atoms with E-state index >= 15 is 0 Å². The van der Waals surface area contributed by atoms with Crippen molar-refractivity contribution < 1.29 is 14.7 Å². The van der Waals surface area contributed by atoms with Gasteiger partial charge >= 0.3 is 5.97 Å². The summed E-state index contributed by atoms with van der Waals surface area (Å²) in [4.78, 5) is 22.7. The van der Waals surface area contributed by atoms with Crippen LogP contribution in [-0.2, 0) is 17.9 Å². The Kier molecular flexibility index (Phi) is 4.57. The van der Waals surface area contributed by atoms with Gasteiger partial charge in [-0.3, -0.25) is 4.79 Å². The Morgan fingerprint density at radius 1 is 1.25 bits per heavy atom. The molecule has 1 aromatic heterocycles. The van der Waals surface area contributed by atoms with Crippen molar-refractivity contribution in [2.75, 3.05) is 0 Å². The largest absolute Gasteiger partial charge is 0.477 e. The minimum Gasteiger partial charge on any atom is -0.477 e. The fourth-order valence-electron chi connectivity index (χ4n) is 1.80. The molecule has 0 unspecified atom stereocenters. The molecule has 0 aliphatic carbocycles. The molecule has 0 spiro atoms. The summed E-state index contributed by atoms with van der Waals surface area (Å²) in [6.45, 7) is 0.393. The van der Waals surface area contributed by atoms with Crippen molar-refractivity contribution in [3.63, 3.8) is 0 Å². The van der Waals surface area contributed by atoms with Crippen molar-refractivity contribution in [3.8, 4) is 0 Å². The Hall–Kier alpha value is -2.08. The van der Waals surface area contributed by atoms with Crippen LogP contribution in [0.25, 0.3) is 0 Å². The lowest BCUT2D eigenvalue weighted by Gasteiger charge is -2.08. The van der Waals surface area contributed by atoms with Crippen LogP contribution in [-0.4, -0.2) is 21.6 Å². The third-order valence-corrected chi connectivity index (χ3v) is 3.23. The summed E-state index contributed by atoms with van der Waals surface area (Å²) in [7, 11) is 0. The molecular weight excluding hydrogens is 324 g/mol. The lowest BCUT2D eigenvalue weighted by molar-refractivity contribution is -0.121. The first kappa shape index (κ1) is 14.3. The molecule has 2 N–H and O–H groups in total. The average molecular weight is 337 g/mol. The van der Waals surface area contributed by atoms with Crippen LogP contribution in [0, 0.1) is 0 Å². The second-order valence-corrected chi connectivity index (χ2v) is 5.15. The van der Waals surface area contributed by atoms with E-state index in [1.807, 2.05) is 24.3 Å². The number of aromatic nitrogens is 1. The minimum absolute atomic E-state index is 0.0113. The molecule has 0 saturated heterocycles. The predicted octanol–water partition coefficient (Wildman–Crippen LogP) is 2.27. The number of nitrogens with one attached hydrogen (secondary N) is 1. The monoisotopic (exact) mass is 336 g/mol. The van der Waals surface area contributed by atoms with E-state index in [4.69, 9.17) is 5.11 Å². The van der Waals surface area contributed by atoms with Gasteiger partial charge in [0.15, 0.2) is 0 Å². The number of benzene rings is 1. The fourth-order valence-corrected chi connectivity index (χ4v) is 2.25. The number of halogens is 1. The normalized spacial score (nSPS) is 10.2. The van der Waals surface area contributed by atoms with Crippen molar-refractivity contribution in [1.29, 1.82) is 0 Å². The highest BCUT2D eigenvalue weighted by atomic mass is 79.9. The fraction of sp³-hybridized carbons (Fsp3) is 0.143. The molecule has 20 heavy (non-hydrogen) atoms. The average Bonchev–Trinajstić information content (AvgIpc) is 2.85. The molecule has 0 aliphatic heterocycles. The van der Waals surface area contributed by atoms with E-state index in [0.29, 0.717) is 6.54 Å². The quantitative estimate of drug-likeness (QED) is 0.879. The number of nitrogens with zero attached hydrogens (tertiary/aromatic N) is 1. The third-order valence-electron chi connectivity index (χ3n) is 2.74. The van der Waals surface area contributed by atoms with Gasteiger partial charge in [0, 0.05) is 17.2 Å². The Labute approximate surface area is 124 Å². The summed E-state index contributed by atoms with van der Waals surface area (Å²) >= 11 is 3.36. The highest BCUT2D eigenvalue weighted by Gasteiger charge is 2.11. The SMILES string of the molecule is O=C(Cn1cccc1C(=O)O)NCc1cccc(Br)c1. The first-order valence-electron chi connectivity index (χ1n) is 5.96. The smallest absolute Gasteiger partial charge is 0.352 e. The molecule has 0 aliphatic rings. The second kappa shape index (κ2) is 6.38. The van der Waals surface area contributed by atoms with Crippen molar-refractivity contribution in [2.45, 2.75) is 13.1 Å². The van der Waals surface area contributed by atoms with Crippen LogP contribution in [0.5, 0.6) is 0 Å². The molecule has 5 nitrogen and oxygen atoms in total. The van der Waals surface area contributed by atoms with Gasteiger partial charge in [-0.25, -0.2) is 4.79 Å². The predicted molar refractivity (Wildman–Crippen MR) is 77.4 cm³/mol. The lowest BCUT2D eigenvalue weighted by atomic mass is 10.2. The zero-order valence-electron chi connectivity index (χ0n) is 10.5. The van der Waals surface area contributed by atoms with Crippen LogP contribution in [0.2, 0.25) is 0 Å². The summed E-state index contributed by atoms with van der Waals surface area (Å²) < 4.78 is 2.35. The topological polar surface area (TPSA) is 71.3 Å². The molecule has 2 rings (SSSR count). The maximum atomic E-state index is 11.8. The van der Waals surface area contributed by atoms with Gasteiger partial charge in [0.2, 0.25) is 5.91 Å². The Morgan fingerprint density at radius 3 is 2.75 bits per heavy atom. The van der Waals surface area contributed by atoms with E-state index in [0.717, 1.165) is 10.0 Å². The van der Waals surface area contributed by atoms with Gasteiger partial charge in [-0.05, 0) is 29.8 Å². The molecular formula is C14H13BrN2O3. The van der Waals surface area contributed by atoms with Crippen molar-refractivity contribution in [2.24, 2.45) is 0 Å². The molecule has 0 fully saturated rings. The van der Waals surface area contributed by atoms with Gasteiger partial charge in [-0.2, -0.15) is 0 Å². The number of carbonyl (C=O) groups excluding carboxylic acids is 1. The number of rotatable bonds is 5. The second-order valence-electron chi connectivity index (χ2n) is 4.23. The van der Waals surface area contributed by atoms with E-state index in [9.17, 15) is 9.59 Å². The number of carbonyl (C=O) groups is 2. The van der Waals surface area contributed by atoms with E-state index < -0.39 is 5.97 Å². The Balaban J connectivity index is 1.93. The van der Waals surface area contributed by atoms with Crippen LogP contribution >= 0.6 is 15.9 Å². The molecule has 0 atom stereocenters. The van der Waals surface area contributed by atoms with Gasteiger partial charge in [-0.1, -0.05) is 28.1 Å². The molecule has 0 bridgehead atoms. The maximum Gasteiger partial charge on any atom is 0.352 e. The highest BCUT2D eigenvalue weighted by Crippen LogP contribution is 2.11. The molecule has 104 valence electrons. The van der Waals surface area contributed by atoms with Crippen LogP contribution in [0.15, 0.2) is 47.1 Å². The Bertz CT molecular complexity index is 637. The van der Waals surface area contributed by atoms with Crippen molar-refractivity contribution in [3.05, 3.63) is 58.3 Å². The van der Waals surface area contributed by atoms with Crippen LogP contribution in [0.3, 0.4) is 0 Å². The van der Waals surface area contributed by atoms with Gasteiger partial charge in [-0.15, -0.1) is 0 Å². The van der Waals surface area contributed by atoms with Gasteiger partial charge < -0.3 is 15.0 Å². The molecule has 1 aromatic carbocycles. The van der Waals surface area contributed by atoms with Gasteiger partial charge in [0.1, 0.15) is 12.2 Å². The first-order valence-corrected chi connectivity index (χ1v) is 6.75. The Morgan fingerprint density at radius 2 is 2.05 bits per heavy atom. The third kappa shape index (κ3) is 3.71. The van der Waals surface area contributed by atoms with Crippen LogP contribution < -0.4 is 5.32 Å². The highest BCUT2D eigenvalue weighted by molar-refractivity contribution is 9.10. The number of carboxylic acid groups (broad SMARTS) is 1. The molecule has 1 amide bonds. The van der Waals surface area contributed by atoms with Gasteiger partial charge in [0.05, 0.1) is 0 Å². The summed E-state index contributed by atoms with van der Waals surface area (Å²) in [6, 6.07) is 10.7. The van der Waals surface area contributed by atoms with Gasteiger partial charge in [0.25, 0.3) is 0 Å². The molecule has 6 heteroatoms. The standard InChI is InChI=1S/C14H13BrN2O3/c15-11-4-1-3-10(7-11)8-16-13(18)9-17-6-2-5-12(17)14(19)20/h1-7H,8-9H2,(H,16,18)(H,19,20). The van der Waals surface area contributed by atoms with E-state index in [2.05, 4.69) is 21.2 Å². The summed E-state index contributed by atoms with van der Waals surface area (Å²) in [5, 5.41) is 11.7. The summed E-state index contributed by atoms with van der Waals surface area (Å²) in [5.74, 6) is -1.28. The summed E-state index contributed by atoms with van der Waals surface area (Å²) in [5.41, 5.74) is 1.07. The number of amides is 1. The van der Waals surface area contributed by atoms with E-state index in [-0.39, 0.29) is 18.1 Å². The van der Waals surface area contributed by atoms with Crippen molar-refractivity contribution in [1.82, 2.24) is 9.88 Å². The zero-order chi connectivity index (χ0) is 14.5. The number of carboxylic acids is 1. The van der Waals surface area contributed by atoms with Crippen LogP contribution in [0.1, 0.15) is 16.1 Å². The first-order chi connectivity index (χ1) is 9.56. The number of hydrogen-bond donors (Lipinski definition) is 2. The number of aromatic carboxylic acids is 1. The van der Waals surface area contributed by atoms with Crippen molar-refractivity contribution >= 4 is 27.8 Å². The molecule has 2 aromatic rings. The maximum absolute atomic E-state index is 11.8. The van der Waals surface area contributed by atoms with E-state index in [1.54, 1.807) is 12.3 Å². The molecule has 0 saturated carbocycles. The lowest BCUT2D eigenvalue weighted by Crippen LogP contribution is -2.28. The van der Waals surface area contributed by atoms with Crippen LogP contribution in [0.4, 0.5) is 0 Å². The summed E-state index contributed by atoms with van der Waals surface area (Å²) in [6.07, 6.45) is 1.57. The number of hydrogen-bond acceptors (Lipinski definition) is 2. The minimum atomic E-state index is -1.05. The zero-order valence-corrected chi connectivity index (χ0v) is 12.1. The van der Waals surface area contributed by atoms with E-state index in [1.165, 1.54) is 10.6 Å².